The molecule has 2 saturated heterocycles. The van der Waals surface area contributed by atoms with E-state index in [1.165, 1.54) is 59.5 Å². The summed E-state index contributed by atoms with van der Waals surface area (Å²) < 4.78 is 61.8. The van der Waals surface area contributed by atoms with E-state index >= 15 is 0 Å². The maximum atomic E-state index is 14.4. The van der Waals surface area contributed by atoms with Gasteiger partial charge in [0.2, 0.25) is 5.91 Å². The predicted molar refractivity (Wildman–Crippen MR) is 178 cm³/mol. The largest absolute Gasteiger partial charge is 0.394 e. The highest BCUT2D eigenvalue weighted by Gasteiger charge is 2.51. The quantitative estimate of drug-likeness (QED) is 0.147. The minimum absolute atomic E-state index is 0.0881. The van der Waals surface area contributed by atoms with Gasteiger partial charge < -0.3 is 35.2 Å². The van der Waals surface area contributed by atoms with Gasteiger partial charge in [0.1, 0.15) is 42.2 Å². The van der Waals surface area contributed by atoms with Gasteiger partial charge in [-0.15, -0.1) is 0 Å². The lowest BCUT2D eigenvalue weighted by atomic mass is 9.78. The van der Waals surface area contributed by atoms with Crippen molar-refractivity contribution in [3.63, 3.8) is 0 Å². The summed E-state index contributed by atoms with van der Waals surface area (Å²) in [6.45, 7) is -0.738. The molecule has 50 heavy (non-hydrogen) atoms. The van der Waals surface area contributed by atoms with Crippen LogP contribution in [0, 0.1) is 17.6 Å². The smallest absolute Gasteiger partial charge is 0.233 e. The normalized spacial score (nSPS) is 26.0. The van der Waals surface area contributed by atoms with Gasteiger partial charge in [-0.2, -0.15) is 0 Å². The Morgan fingerprint density at radius 2 is 1.40 bits per heavy atom. The zero-order chi connectivity index (χ0) is 35.7. The van der Waals surface area contributed by atoms with Gasteiger partial charge in [0.05, 0.1) is 35.3 Å². The van der Waals surface area contributed by atoms with Gasteiger partial charge in [0.25, 0.3) is 0 Å². The molecule has 0 aliphatic carbocycles. The van der Waals surface area contributed by atoms with Gasteiger partial charge in [-0.3, -0.25) is 4.79 Å². The summed E-state index contributed by atoms with van der Waals surface area (Å²) >= 11 is 0. The topological polar surface area (TPSA) is 165 Å². The van der Waals surface area contributed by atoms with Crippen LogP contribution >= 0.6 is 0 Å². The molecule has 2 heterocycles. The summed E-state index contributed by atoms with van der Waals surface area (Å²) in [5.74, 6) is -3.05. The monoisotopic (exact) mass is 709 g/mol. The number of amides is 1. The highest BCUT2D eigenvalue weighted by Crippen LogP contribution is 2.49. The second-order valence-corrected chi connectivity index (χ2v) is 14.7. The summed E-state index contributed by atoms with van der Waals surface area (Å²) in [5, 5.41) is 51.9. The van der Waals surface area contributed by atoms with Crippen LogP contribution in [-0.4, -0.2) is 82.7 Å². The average molecular weight is 710 g/mol. The summed E-state index contributed by atoms with van der Waals surface area (Å²) in [7, 11) is -4.42. The van der Waals surface area contributed by atoms with Gasteiger partial charge >= 0.3 is 0 Å². The number of sulfone groups is 1. The molecular weight excluding hydrogens is 672 g/mol. The molecule has 2 fully saturated rings. The van der Waals surface area contributed by atoms with E-state index in [-0.39, 0.29) is 29.2 Å². The first kappa shape index (κ1) is 35.7. The highest BCUT2D eigenvalue weighted by atomic mass is 32.2. The van der Waals surface area contributed by atoms with Crippen molar-refractivity contribution < 1.29 is 52.3 Å². The lowest BCUT2D eigenvalue weighted by Gasteiger charge is -2.48. The molecule has 0 spiro atoms. The number of aliphatic hydroxyl groups is 5. The van der Waals surface area contributed by atoms with Crippen LogP contribution in [0.1, 0.15) is 36.1 Å². The number of carbonyl (C=O) groups is 1. The number of ether oxygens (including phenoxy) is 1. The first-order chi connectivity index (χ1) is 23.9. The molecule has 4 aromatic carbocycles. The Morgan fingerprint density at radius 3 is 2.04 bits per heavy atom. The number of carbonyl (C=O) groups excluding carboxylic acids is 1. The summed E-state index contributed by atoms with van der Waals surface area (Å²) in [6, 6.07) is 23.3. The molecule has 5 N–H and O–H groups in total. The maximum absolute atomic E-state index is 14.4. The zero-order valence-corrected chi connectivity index (χ0v) is 27.5. The lowest BCUT2D eigenvalue weighted by Crippen LogP contribution is -2.60. The van der Waals surface area contributed by atoms with Crippen molar-refractivity contribution in [3.8, 4) is 11.1 Å². The summed E-state index contributed by atoms with van der Waals surface area (Å²) in [6.07, 6.45) is -8.95. The number of hydrogen-bond acceptors (Lipinski definition) is 9. The van der Waals surface area contributed by atoms with Gasteiger partial charge in [-0.05, 0) is 77.6 Å². The van der Waals surface area contributed by atoms with E-state index in [2.05, 4.69) is 0 Å². The SMILES string of the molecule is O=C1C(CCC(O)c2ccc(F)cc2)C(c2ccc(-c3ccccc3)cc2S(=O)(=O)CC2OC(CO)C(O)C(O)C2O)N1c1ccc(F)cc1. The van der Waals surface area contributed by atoms with Crippen LogP contribution in [0.5, 0.6) is 0 Å². The molecule has 8 unspecified atom stereocenters. The van der Waals surface area contributed by atoms with Crippen molar-refractivity contribution in [2.45, 2.75) is 60.4 Å². The van der Waals surface area contributed by atoms with Crippen molar-refractivity contribution in [2.75, 3.05) is 17.3 Å². The van der Waals surface area contributed by atoms with Crippen LogP contribution in [0.3, 0.4) is 0 Å². The number of rotatable bonds is 11. The molecule has 2 aliphatic rings. The Hall–Kier alpha value is -4.08. The molecular formula is C37H37F2NO9S. The third-order valence-electron chi connectivity index (χ3n) is 9.47. The Labute approximate surface area is 287 Å². The highest BCUT2D eigenvalue weighted by molar-refractivity contribution is 7.91. The minimum Gasteiger partial charge on any atom is -0.394 e. The van der Waals surface area contributed by atoms with Crippen LogP contribution in [0.15, 0.2) is 102 Å². The number of aliphatic hydroxyl groups excluding tert-OH is 5. The van der Waals surface area contributed by atoms with Gasteiger partial charge in [-0.25, -0.2) is 17.2 Å². The van der Waals surface area contributed by atoms with E-state index in [4.69, 9.17) is 4.74 Å². The molecule has 8 atom stereocenters. The number of halogens is 2. The molecule has 1 amide bonds. The fraction of sp³-hybridized carbons (Fsp3) is 0.324. The summed E-state index contributed by atoms with van der Waals surface area (Å²) in [4.78, 5) is 15.0. The Balaban J connectivity index is 1.41. The van der Waals surface area contributed by atoms with Crippen molar-refractivity contribution in [2.24, 2.45) is 5.92 Å². The molecule has 0 saturated carbocycles. The summed E-state index contributed by atoms with van der Waals surface area (Å²) in [5.41, 5.74) is 2.21. The van der Waals surface area contributed by atoms with Crippen LogP contribution in [0.25, 0.3) is 11.1 Å². The van der Waals surface area contributed by atoms with Gasteiger partial charge in [0.15, 0.2) is 9.84 Å². The lowest BCUT2D eigenvalue weighted by molar-refractivity contribution is -0.223. The van der Waals surface area contributed by atoms with E-state index in [1.807, 2.05) is 0 Å². The zero-order valence-electron chi connectivity index (χ0n) is 26.7. The van der Waals surface area contributed by atoms with Crippen LogP contribution in [0.4, 0.5) is 14.5 Å². The molecule has 0 radical (unpaired) electrons. The molecule has 13 heteroatoms. The molecule has 264 valence electrons. The Kier molecular flexibility index (Phi) is 10.5. The van der Waals surface area contributed by atoms with Gasteiger partial charge in [0, 0.05) is 5.69 Å². The first-order valence-corrected chi connectivity index (χ1v) is 17.8. The molecule has 0 aromatic heterocycles. The van der Waals surface area contributed by atoms with E-state index < -0.39 is 82.4 Å². The minimum atomic E-state index is -4.42. The third-order valence-corrected chi connectivity index (χ3v) is 11.3. The van der Waals surface area contributed by atoms with E-state index in [0.717, 1.165) is 0 Å². The van der Waals surface area contributed by atoms with Crippen molar-refractivity contribution in [1.82, 2.24) is 0 Å². The second kappa shape index (κ2) is 14.6. The van der Waals surface area contributed by atoms with E-state index in [0.29, 0.717) is 22.4 Å². The van der Waals surface area contributed by atoms with Gasteiger partial charge in [-0.1, -0.05) is 54.6 Å². The number of β-lactam (4-membered cyclic amide) rings is 1. The maximum Gasteiger partial charge on any atom is 0.233 e. The van der Waals surface area contributed by atoms with Crippen molar-refractivity contribution in [3.05, 3.63) is 120 Å². The van der Waals surface area contributed by atoms with Crippen LogP contribution < -0.4 is 4.90 Å². The molecule has 0 bridgehead atoms. The van der Waals surface area contributed by atoms with E-state index in [9.17, 15) is 47.5 Å². The van der Waals surface area contributed by atoms with Crippen molar-refractivity contribution in [1.29, 1.82) is 0 Å². The number of nitrogens with zero attached hydrogens (tertiary/aromatic N) is 1. The van der Waals surface area contributed by atoms with Crippen LogP contribution in [-0.2, 0) is 19.4 Å². The Morgan fingerprint density at radius 1 is 0.780 bits per heavy atom. The molecule has 10 nitrogen and oxygen atoms in total. The first-order valence-electron chi connectivity index (χ1n) is 16.1. The predicted octanol–water partition coefficient (Wildman–Crippen LogP) is 3.47. The number of anilines is 1. The van der Waals surface area contributed by atoms with Crippen molar-refractivity contribution >= 4 is 21.4 Å². The molecule has 4 aromatic rings. The third kappa shape index (κ3) is 7.08. The molecule has 2 aliphatic heterocycles. The molecule has 6 rings (SSSR count). The van der Waals surface area contributed by atoms with Crippen LogP contribution in [0.2, 0.25) is 0 Å². The Bertz CT molecular complexity index is 1910. The number of hydrogen-bond donors (Lipinski definition) is 5. The van der Waals surface area contributed by atoms with E-state index in [1.54, 1.807) is 42.5 Å². The standard InChI is InChI=1S/C37H37F2NO9S/c38-24-9-6-22(7-10-24)29(42)17-16-28-33(40(37(28)46)26-13-11-25(39)12-14-26)27-15-8-23(21-4-2-1-3-5-21)18-32(27)50(47,48)20-31-35(44)36(45)34(43)30(19-41)49-31/h1-15,18,28-31,33-36,41-45H,16-17,19-20H2. The average Bonchev–Trinajstić information content (AvgIpc) is 3.12. The number of benzene rings is 4. The fourth-order valence-electron chi connectivity index (χ4n) is 6.74. The second-order valence-electron chi connectivity index (χ2n) is 12.6. The fourth-order valence-corrected chi connectivity index (χ4v) is 8.49.